The molecule has 0 spiro atoms. The van der Waals surface area contributed by atoms with Crippen molar-refractivity contribution in [3.63, 3.8) is 0 Å². The summed E-state index contributed by atoms with van der Waals surface area (Å²) < 4.78 is 2.10. The van der Waals surface area contributed by atoms with Gasteiger partial charge in [-0.2, -0.15) is 0 Å². The molecule has 5 aromatic rings. The van der Waals surface area contributed by atoms with Crippen LogP contribution in [0, 0.1) is 6.92 Å². The first-order valence-electron chi connectivity index (χ1n) is 10.9. The summed E-state index contributed by atoms with van der Waals surface area (Å²) in [4.78, 5) is 21.8. The van der Waals surface area contributed by atoms with Gasteiger partial charge in [0.05, 0.1) is 12.4 Å². The molecule has 7 heteroatoms. The lowest BCUT2D eigenvalue weighted by Crippen LogP contribution is -2.26. The van der Waals surface area contributed by atoms with E-state index in [0.29, 0.717) is 11.9 Å². The minimum absolute atomic E-state index is 0.599. The van der Waals surface area contributed by atoms with Gasteiger partial charge < -0.3 is 10.3 Å². The van der Waals surface area contributed by atoms with Crippen LogP contribution in [0.5, 0.6) is 0 Å². The summed E-state index contributed by atoms with van der Waals surface area (Å²) in [5.74, 6) is 2.27. The van der Waals surface area contributed by atoms with Crippen LogP contribution >= 0.6 is 0 Å². The molecule has 0 aliphatic heterocycles. The SMILES string of the molecule is Cc1ncc(-c2ncc3nc(-c4ccccc4)n(-c4ccc(NC5CCC5)cc4)c3n2)[nH]1. The van der Waals surface area contributed by atoms with E-state index in [9.17, 15) is 0 Å². The van der Waals surface area contributed by atoms with Crippen LogP contribution in [0.15, 0.2) is 67.0 Å². The maximum Gasteiger partial charge on any atom is 0.179 e. The quantitative estimate of drug-likeness (QED) is 0.410. The summed E-state index contributed by atoms with van der Waals surface area (Å²) in [6, 6.07) is 19.3. The summed E-state index contributed by atoms with van der Waals surface area (Å²) in [5.41, 5.74) is 5.49. The first-order chi connectivity index (χ1) is 15.7. The van der Waals surface area contributed by atoms with Gasteiger partial charge >= 0.3 is 0 Å². The second-order valence-corrected chi connectivity index (χ2v) is 8.24. The molecule has 158 valence electrons. The van der Waals surface area contributed by atoms with Crippen molar-refractivity contribution in [1.82, 2.24) is 29.5 Å². The number of aromatic amines is 1. The van der Waals surface area contributed by atoms with E-state index in [0.717, 1.165) is 45.4 Å². The van der Waals surface area contributed by atoms with Crippen molar-refractivity contribution in [2.75, 3.05) is 5.32 Å². The number of benzene rings is 2. The molecule has 1 aliphatic carbocycles. The molecule has 1 fully saturated rings. The number of hydrogen-bond donors (Lipinski definition) is 2. The summed E-state index contributed by atoms with van der Waals surface area (Å²) in [6.45, 7) is 1.92. The lowest BCUT2D eigenvalue weighted by Gasteiger charge is -2.27. The van der Waals surface area contributed by atoms with Crippen LogP contribution < -0.4 is 5.32 Å². The van der Waals surface area contributed by atoms with Gasteiger partial charge in [-0.05, 0) is 50.5 Å². The second-order valence-electron chi connectivity index (χ2n) is 8.24. The lowest BCUT2D eigenvalue weighted by molar-refractivity contribution is 0.445. The summed E-state index contributed by atoms with van der Waals surface area (Å²) >= 11 is 0. The van der Waals surface area contributed by atoms with Gasteiger partial charge in [-0.25, -0.2) is 19.9 Å². The van der Waals surface area contributed by atoms with Crippen molar-refractivity contribution in [1.29, 1.82) is 0 Å². The Kier molecular flexibility index (Phi) is 4.45. The molecule has 0 atom stereocenters. The van der Waals surface area contributed by atoms with E-state index >= 15 is 0 Å². The van der Waals surface area contributed by atoms with Crippen LogP contribution in [-0.4, -0.2) is 35.5 Å². The number of rotatable bonds is 5. The van der Waals surface area contributed by atoms with Gasteiger partial charge in [-0.3, -0.25) is 4.57 Å². The molecule has 0 saturated heterocycles. The number of aryl methyl sites for hydroxylation is 1. The van der Waals surface area contributed by atoms with Crippen molar-refractivity contribution >= 4 is 16.9 Å². The molecular weight excluding hydrogens is 398 g/mol. The standard InChI is InChI=1S/C25H23N7/c1-16-26-14-21(28-16)23-27-15-22-25(31-23)32(24(30-22)17-6-3-2-4-7-17)20-12-10-19(11-13-20)29-18-8-5-9-18/h2-4,6-7,10-15,18,29H,5,8-9H2,1H3,(H,26,28). The Bertz CT molecular complexity index is 1380. The summed E-state index contributed by atoms with van der Waals surface area (Å²) in [6.07, 6.45) is 7.35. The molecule has 2 aromatic carbocycles. The average Bonchev–Trinajstić information content (AvgIpc) is 3.40. The Hall–Kier alpha value is -4.00. The zero-order valence-corrected chi connectivity index (χ0v) is 17.8. The van der Waals surface area contributed by atoms with E-state index < -0.39 is 0 Å². The average molecular weight is 422 g/mol. The van der Waals surface area contributed by atoms with Crippen LogP contribution in [0.1, 0.15) is 25.1 Å². The number of aromatic nitrogens is 6. The molecule has 0 unspecified atom stereocenters. The first kappa shape index (κ1) is 18.7. The van der Waals surface area contributed by atoms with E-state index in [-0.39, 0.29) is 0 Å². The third-order valence-corrected chi connectivity index (χ3v) is 5.98. The highest BCUT2D eigenvalue weighted by Gasteiger charge is 2.19. The zero-order chi connectivity index (χ0) is 21.5. The highest BCUT2D eigenvalue weighted by atomic mass is 15.2. The highest BCUT2D eigenvalue weighted by molar-refractivity contribution is 5.81. The molecule has 1 aliphatic rings. The van der Waals surface area contributed by atoms with Crippen molar-refractivity contribution in [2.24, 2.45) is 0 Å². The minimum Gasteiger partial charge on any atom is -0.382 e. The molecular formula is C25H23N7. The minimum atomic E-state index is 0.599. The predicted molar refractivity (Wildman–Crippen MR) is 126 cm³/mol. The molecule has 0 radical (unpaired) electrons. The van der Waals surface area contributed by atoms with Crippen molar-refractivity contribution in [2.45, 2.75) is 32.2 Å². The fraction of sp³-hybridized carbons (Fsp3) is 0.200. The molecule has 6 rings (SSSR count). The zero-order valence-electron chi connectivity index (χ0n) is 17.8. The van der Waals surface area contributed by atoms with Gasteiger partial charge in [-0.15, -0.1) is 0 Å². The van der Waals surface area contributed by atoms with Crippen LogP contribution in [0.2, 0.25) is 0 Å². The van der Waals surface area contributed by atoms with E-state index in [4.69, 9.17) is 9.97 Å². The maximum absolute atomic E-state index is 4.89. The Balaban J connectivity index is 1.50. The molecule has 2 N–H and O–H groups in total. The molecule has 1 saturated carbocycles. The number of nitrogens with zero attached hydrogens (tertiary/aromatic N) is 5. The first-order valence-corrected chi connectivity index (χ1v) is 10.9. The van der Waals surface area contributed by atoms with E-state index in [1.54, 1.807) is 12.4 Å². The fourth-order valence-corrected chi connectivity index (χ4v) is 4.06. The van der Waals surface area contributed by atoms with Crippen LogP contribution in [0.3, 0.4) is 0 Å². The van der Waals surface area contributed by atoms with Gasteiger partial charge in [0.1, 0.15) is 22.9 Å². The number of anilines is 1. The van der Waals surface area contributed by atoms with E-state index in [1.807, 2.05) is 25.1 Å². The van der Waals surface area contributed by atoms with E-state index in [2.05, 4.69) is 61.2 Å². The molecule has 32 heavy (non-hydrogen) atoms. The Morgan fingerprint density at radius 2 is 1.75 bits per heavy atom. The Morgan fingerprint density at radius 3 is 2.44 bits per heavy atom. The molecule has 0 bridgehead atoms. The third kappa shape index (κ3) is 3.32. The second kappa shape index (κ2) is 7.60. The molecule has 7 nitrogen and oxygen atoms in total. The highest BCUT2D eigenvalue weighted by Crippen LogP contribution is 2.30. The predicted octanol–water partition coefficient (Wildman–Crippen LogP) is 5.15. The molecule has 3 heterocycles. The molecule has 3 aromatic heterocycles. The number of imidazole rings is 2. The van der Waals surface area contributed by atoms with Crippen molar-refractivity contribution < 1.29 is 0 Å². The third-order valence-electron chi connectivity index (χ3n) is 5.98. The van der Waals surface area contributed by atoms with Crippen LogP contribution in [0.4, 0.5) is 5.69 Å². The lowest BCUT2D eigenvalue weighted by atomic mass is 9.93. The van der Waals surface area contributed by atoms with Crippen molar-refractivity contribution in [3.8, 4) is 28.6 Å². The number of hydrogen-bond acceptors (Lipinski definition) is 5. The molecule has 0 amide bonds. The number of H-pyrrole nitrogens is 1. The Morgan fingerprint density at radius 1 is 0.938 bits per heavy atom. The monoisotopic (exact) mass is 421 g/mol. The van der Waals surface area contributed by atoms with Crippen LogP contribution in [0.25, 0.3) is 39.8 Å². The maximum atomic E-state index is 4.89. The number of nitrogens with one attached hydrogen (secondary N) is 2. The van der Waals surface area contributed by atoms with Crippen LogP contribution in [-0.2, 0) is 0 Å². The number of fused-ring (bicyclic) bond motifs is 1. The summed E-state index contributed by atoms with van der Waals surface area (Å²) in [5, 5.41) is 3.61. The Labute approximate surface area is 185 Å². The normalized spacial score (nSPS) is 13.9. The van der Waals surface area contributed by atoms with Gasteiger partial charge in [0.2, 0.25) is 0 Å². The van der Waals surface area contributed by atoms with Gasteiger partial charge in [0.25, 0.3) is 0 Å². The van der Waals surface area contributed by atoms with Gasteiger partial charge in [-0.1, -0.05) is 30.3 Å². The largest absolute Gasteiger partial charge is 0.382 e. The van der Waals surface area contributed by atoms with Gasteiger partial charge in [0.15, 0.2) is 11.5 Å². The fourth-order valence-electron chi connectivity index (χ4n) is 4.06. The van der Waals surface area contributed by atoms with Crippen molar-refractivity contribution in [3.05, 3.63) is 72.8 Å². The van der Waals surface area contributed by atoms with Gasteiger partial charge in [0, 0.05) is 23.0 Å². The van der Waals surface area contributed by atoms with E-state index in [1.165, 1.54) is 19.3 Å². The smallest absolute Gasteiger partial charge is 0.179 e. The summed E-state index contributed by atoms with van der Waals surface area (Å²) in [7, 11) is 0. The topological polar surface area (TPSA) is 84.3 Å².